The van der Waals surface area contributed by atoms with Crippen LogP contribution in [0.1, 0.15) is 5.56 Å². The van der Waals surface area contributed by atoms with Crippen LogP contribution in [0.4, 0.5) is 0 Å². The van der Waals surface area contributed by atoms with Crippen LogP contribution < -0.4 is 18.6 Å². The van der Waals surface area contributed by atoms with Gasteiger partial charge in [-0.15, -0.1) is 10.2 Å². The number of hydrogen-bond donors (Lipinski definition) is 0. The predicted octanol–water partition coefficient (Wildman–Crippen LogP) is 2.77. The van der Waals surface area contributed by atoms with Gasteiger partial charge in [0.05, 0.1) is 22.8 Å². The second-order valence-electron chi connectivity index (χ2n) is 6.60. The van der Waals surface area contributed by atoms with E-state index in [1.54, 1.807) is 0 Å². The zero-order valence-electron chi connectivity index (χ0n) is 16.5. The highest BCUT2D eigenvalue weighted by Crippen LogP contribution is 2.37. The molecule has 158 valence electrons. The van der Waals surface area contributed by atoms with E-state index in [1.165, 1.54) is 0 Å². The van der Waals surface area contributed by atoms with E-state index in [0.29, 0.717) is 0 Å². The summed E-state index contributed by atoms with van der Waals surface area (Å²) in [4.78, 5) is 0. The van der Waals surface area contributed by atoms with Crippen molar-refractivity contribution in [3.05, 3.63) is 102 Å². The average Bonchev–Trinajstić information content (AvgIpc) is 2.75. The SMILES string of the molecule is Cc1c(-c2ccc(Cl)cc2)cc(-c2ccccc2)[o+]c1-c1ccccc1.[O-][Cl+3]([O-])([O-])[O-]. The van der Waals surface area contributed by atoms with Crippen molar-refractivity contribution in [1.29, 1.82) is 0 Å². The van der Waals surface area contributed by atoms with Crippen LogP contribution >= 0.6 is 11.6 Å². The first kappa shape index (κ1) is 22.9. The number of halogens is 2. The highest BCUT2D eigenvalue weighted by molar-refractivity contribution is 6.30. The molecule has 0 bridgehead atoms. The molecule has 0 N–H and O–H groups in total. The normalized spacial score (nSPS) is 10.9. The number of benzene rings is 3. The van der Waals surface area contributed by atoms with Crippen LogP contribution in [0, 0.1) is 17.2 Å². The van der Waals surface area contributed by atoms with Crippen molar-refractivity contribution >= 4 is 11.6 Å². The van der Waals surface area contributed by atoms with Crippen molar-refractivity contribution in [3.8, 4) is 33.8 Å². The molecule has 0 aliphatic rings. The Balaban J connectivity index is 0.000000491. The molecule has 1 aromatic heterocycles. The summed E-state index contributed by atoms with van der Waals surface area (Å²) in [5.74, 6) is 1.73. The minimum absolute atomic E-state index is 0.735. The molecule has 0 aliphatic carbocycles. The van der Waals surface area contributed by atoms with Gasteiger partial charge in [0.25, 0.3) is 0 Å². The molecule has 31 heavy (non-hydrogen) atoms. The Kier molecular flexibility index (Phi) is 7.41. The van der Waals surface area contributed by atoms with E-state index < -0.39 is 10.2 Å². The number of hydrogen-bond acceptors (Lipinski definition) is 4. The Bertz CT molecular complexity index is 1120. The Morgan fingerprint density at radius 1 is 0.677 bits per heavy atom. The molecule has 3 aromatic carbocycles. The van der Waals surface area contributed by atoms with Crippen molar-refractivity contribution in [2.75, 3.05) is 0 Å². The Morgan fingerprint density at radius 3 is 1.68 bits per heavy atom. The van der Waals surface area contributed by atoms with Crippen LogP contribution in [-0.4, -0.2) is 0 Å². The average molecular weight is 457 g/mol. The summed E-state index contributed by atoms with van der Waals surface area (Å²) in [6, 6.07) is 30.5. The molecule has 5 nitrogen and oxygen atoms in total. The molecule has 4 rings (SSSR count). The molecule has 0 aliphatic heterocycles. The van der Waals surface area contributed by atoms with Crippen LogP contribution in [0.5, 0.6) is 0 Å². The van der Waals surface area contributed by atoms with Crippen LogP contribution in [0.15, 0.2) is 95.4 Å². The Hall–Kier alpha value is -2.77. The lowest BCUT2D eigenvalue weighted by molar-refractivity contribution is -2.00. The molecule has 1 heterocycles. The van der Waals surface area contributed by atoms with Crippen molar-refractivity contribution in [3.63, 3.8) is 0 Å². The van der Waals surface area contributed by atoms with Gasteiger partial charge in [0.15, 0.2) is 0 Å². The maximum Gasteiger partial charge on any atom is 0.364 e. The van der Waals surface area contributed by atoms with Gasteiger partial charge in [-0.05, 0) is 48.9 Å². The molecule has 0 fully saturated rings. The molecular weight excluding hydrogens is 439 g/mol. The van der Waals surface area contributed by atoms with Crippen LogP contribution in [0.3, 0.4) is 0 Å². The lowest BCUT2D eigenvalue weighted by atomic mass is 9.96. The summed E-state index contributed by atoms with van der Waals surface area (Å²) in [6.07, 6.45) is 0. The minimum Gasteiger partial charge on any atom is -0.222 e. The maximum absolute atomic E-state index is 8.49. The second kappa shape index (κ2) is 10.0. The molecule has 0 radical (unpaired) electrons. The molecule has 0 atom stereocenters. The van der Waals surface area contributed by atoms with Crippen molar-refractivity contribution in [2.24, 2.45) is 0 Å². The van der Waals surface area contributed by atoms with Crippen LogP contribution in [0.25, 0.3) is 33.8 Å². The predicted molar refractivity (Wildman–Crippen MR) is 109 cm³/mol. The Morgan fingerprint density at radius 2 is 1.16 bits per heavy atom. The van der Waals surface area contributed by atoms with Crippen molar-refractivity contribution < 1.29 is 33.3 Å². The number of rotatable bonds is 3. The van der Waals surface area contributed by atoms with Crippen LogP contribution in [0.2, 0.25) is 5.02 Å². The first-order valence-corrected chi connectivity index (χ1v) is 10.8. The van der Waals surface area contributed by atoms with Gasteiger partial charge >= 0.3 is 11.5 Å². The third kappa shape index (κ3) is 6.60. The van der Waals surface area contributed by atoms with Gasteiger partial charge in [-0.1, -0.05) is 60.1 Å². The molecule has 4 aromatic rings. The lowest BCUT2D eigenvalue weighted by Crippen LogP contribution is -2.68. The van der Waals surface area contributed by atoms with Gasteiger partial charge in [-0.25, -0.2) is 23.1 Å². The standard InChI is InChI=1S/C24H18ClO.ClHO4/c1-17-22(18-12-14-21(25)15-13-18)16-23(19-8-4-2-5-9-19)26-24(17)20-10-6-3-7-11-20;2-1(3,4)5/h2-16H,1H3;(H,2,3,4,5)/q+1;/p-1. The molecule has 0 saturated heterocycles. The van der Waals surface area contributed by atoms with Crippen LogP contribution in [-0.2, 0) is 0 Å². The smallest absolute Gasteiger partial charge is 0.222 e. The van der Waals surface area contributed by atoms with Gasteiger partial charge in [-0.2, -0.15) is 0 Å². The summed E-state index contributed by atoms with van der Waals surface area (Å²) >= 11 is 6.07. The third-order valence-corrected chi connectivity index (χ3v) is 4.73. The Labute approximate surface area is 187 Å². The van der Waals surface area contributed by atoms with E-state index in [9.17, 15) is 0 Å². The van der Waals surface area contributed by atoms with E-state index in [2.05, 4.69) is 37.3 Å². The van der Waals surface area contributed by atoms with E-state index >= 15 is 0 Å². The van der Waals surface area contributed by atoms with Gasteiger partial charge < -0.3 is 0 Å². The molecule has 0 saturated carbocycles. The molecule has 0 unspecified atom stereocenters. The summed E-state index contributed by atoms with van der Waals surface area (Å²) in [5, 5.41) is 0.735. The molecular formula is C24H18Cl2O5. The maximum atomic E-state index is 8.49. The van der Waals surface area contributed by atoms with E-state index in [1.807, 2.05) is 60.7 Å². The fourth-order valence-corrected chi connectivity index (χ4v) is 3.24. The zero-order chi connectivity index (χ0) is 22.4. The first-order chi connectivity index (χ1) is 14.7. The van der Waals surface area contributed by atoms with Gasteiger partial charge in [0.1, 0.15) is 0 Å². The lowest BCUT2D eigenvalue weighted by Gasteiger charge is -2.17. The van der Waals surface area contributed by atoms with E-state index in [0.717, 1.165) is 44.4 Å². The van der Waals surface area contributed by atoms with Gasteiger partial charge in [0.2, 0.25) is 0 Å². The topological polar surface area (TPSA) is 104 Å². The largest absolute Gasteiger partial charge is 0.364 e. The minimum atomic E-state index is -4.94. The van der Waals surface area contributed by atoms with E-state index in [4.69, 9.17) is 34.7 Å². The molecule has 0 spiro atoms. The highest BCUT2D eigenvalue weighted by Gasteiger charge is 2.24. The van der Waals surface area contributed by atoms with Crippen molar-refractivity contribution in [1.82, 2.24) is 0 Å². The fourth-order valence-electron chi connectivity index (χ4n) is 3.12. The molecule has 7 heteroatoms. The summed E-state index contributed by atoms with van der Waals surface area (Å²) < 4.78 is 40.3. The quantitative estimate of drug-likeness (QED) is 0.440. The first-order valence-electron chi connectivity index (χ1n) is 9.18. The third-order valence-electron chi connectivity index (χ3n) is 4.48. The summed E-state index contributed by atoms with van der Waals surface area (Å²) in [6.45, 7) is 2.10. The van der Waals surface area contributed by atoms with Gasteiger partial charge in [0, 0.05) is 10.6 Å². The van der Waals surface area contributed by atoms with Gasteiger partial charge in [-0.3, -0.25) is 0 Å². The zero-order valence-corrected chi connectivity index (χ0v) is 18.0. The summed E-state index contributed by atoms with van der Waals surface area (Å²) in [5.41, 5.74) is 5.50. The summed E-state index contributed by atoms with van der Waals surface area (Å²) in [7, 11) is -4.94. The monoisotopic (exact) mass is 456 g/mol. The van der Waals surface area contributed by atoms with Crippen molar-refractivity contribution in [2.45, 2.75) is 6.92 Å². The second-order valence-corrected chi connectivity index (χ2v) is 7.79. The highest BCUT2D eigenvalue weighted by atomic mass is 35.7. The fraction of sp³-hybridized carbons (Fsp3) is 0.0417. The van der Waals surface area contributed by atoms with E-state index in [-0.39, 0.29) is 0 Å². The molecule has 0 amide bonds.